The normalized spacial score (nSPS) is 12.2. The molecule has 3 nitrogen and oxygen atoms in total. The number of benzene rings is 1. The van der Waals surface area contributed by atoms with E-state index in [4.69, 9.17) is 17.3 Å². The van der Waals surface area contributed by atoms with Gasteiger partial charge >= 0.3 is 5.97 Å². The second kappa shape index (κ2) is 5.73. The molecule has 1 aromatic rings. The molecule has 0 fully saturated rings. The van der Waals surface area contributed by atoms with Crippen LogP contribution >= 0.6 is 11.6 Å². The van der Waals surface area contributed by atoms with Crippen LogP contribution in [0.3, 0.4) is 0 Å². The minimum Gasteiger partial charge on any atom is -0.469 e. The number of carbonyl (C=O) groups is 1. The van der Waals surface area contributed by atoms with E-state index in [0.717, 1.165) is 5.56 Å². The number of methoxy groups -OCH3 is 1. The quantitative estimate of drug-likeness (QED) is 0.798. The molecule has 2 N–H and O–H groups in total. The minimum atomic E-state index is -0.281. The summed E-state index contributed by atoms with van der Waals surface area (Å²) in [5, 5.41) is 0.695. The molecule has 0 aliphatic heterocycles. The Morgan fingerprint density at radius 2 is 2.07 bits per heavy atom. The monoisotopic (exact) mass is 227 g/mol. The van der Waals surface area contributed by atoms with Crippen molar-refractivity contribution in [3.8, 4) is 0 Å². The van der Waals surface area contributed by atoms with Crippen LogP contribution in [0.2, 0.25) is 5.02 Å². The Morgan fingerprint density at radius 1 is 1.47 bits per heavy atom. The fourth-order valence-electron chi connectivity index (χ4n) is 1.29. The number of nitrogens with two attached hydrogens (primary N) is 1. The van der Waals surface area contributed by atoms with Crippen molar-refractivity contribution in [3.63, 3.8) is 0 Å². The third-order valence-corrected chi connectivity index (χ3v) is 2.32. The van der Waals surface area contributed by atoms with E-state index in [9.17, 15) is 4.79 Å². The molecule has 0 aromatic heterocycles. The van der Waals surface area contributed by atoms with Crippen LogP contribution in [0.5, 0.6) is 0 Å². The summed E-state index contributed by atoms with van der Waals surface area (Å²) in [5.74, 6) is -0.281. The number of esters is 1. The number of hydrogen-bond donors (Lipinski definition) is 1. The lowest BCUT2D eigenvalue weighted by Crippen LogP contribution is -2.26. The average molecular weight is 228 g/mol. The zero-order valence-corrected chi connectivity index (χ0v) is 9.33. The first-order chi connectivity index (χ1) is 7.11. The maximum Gasteiger partial charge on any atom is 0.307 e. The van der Waals surface area contributed by atoms with Gasteiger partial charge in [-0.05, 0) is 24.1 Å². The van der Waals surface area contributed by atoms with Gasteiger partial charge in [-0.1, -0.05) is 23.7 Å². The first kappa shape index (κ1) is 12.0. The topological polar surface area (TPSA) is 52.3 Å². The van der Waals surface area contributed by atoms with Crippen LogP contribution in [0.15, 0.2) is 24.3 Å². The van der Waals surface area contributed by atoms with Gasteiger partial charge in [0.15, 0.2) is 0 Å². The van der Waals surface area contributed by atoms with E-state index in [1.165, 1.54) is 7.11 Å². The maximum atomic E-state index is 10.9. The molecule has 1 aromatic carbocycles. The Hall–Kier alpha value is -1.06. The Kier molecular flexibility index (Phi) is 4.59. The van der Waals surface area contributed by atoms with Crippen molar-refractivity contribution < 1.29 is 9.53 Å². The predicted molar refractivity (Wildman–Crippen MR) is 59.8 cm³/mol. The van der Waals surface area contributed by atoms with Crippen molar-refractivity contribution in [2.45, 2.75) is 18.9 Å². The number of rotatable bonds is 4. The predicted octanol–water partition coefficient (Wildman–Crippen LogP) is 1.77. The second-order valence-electron chi connectivity index (χ2n) is 3.37. The molecule has 0 saturated heterocycles. The van der Waals surface area contributed by atoms with Crippen LogP contribution in [-0.4, -0.2) is 19.1 Å². The Bertz CT molecular complexity index is 324. The van der Waals surface area contributed by atoms with Gasteiger partial charge in [0.05, 0.1) is 13.5 Å². The Labute approximate surface area is 94.2 Å². The third-order valence-electron chi connectivity index (χ3n) is 2.07. The third kappa shape index (κ3) is 4.32. The molecule has 15 heavy (non-hydrogen) atoms. The first-order valence-electron chi connectivity index (χ1n) is 4.68. The lowest BCUT2D eigenvalue weighted by Gasteiger charge is -2.09. The molecular formula is C11H14ClNO2. The molecule has 0 radical (unpaired) electrons. The summed E-state index contributed by atoms with van der Waals surface area (Å²) >= 11 is 5.75. The summed E-state index contributed by atoms with van der Waals surface area (Å²) in [6.45, 7) is 0. The summed E-state index contributed by atoms with van der Waals surface area (Å²) in [6, 6.07) is 7.21. The number of carbonyl (C=O) groups excluding carboxylic acids is 1. The lowest BCUT2D eigenvalue weighted by atomic mass is 10.0. The SMILES string of the molecule is COC(=O)CC(N)Cc1ccc(Cl)cc1. The minimum absolute atomic E-state index is 0.210. The van der Waals surface area contributed by atoms with Gasteiger partial charge in [0, 0.05) is 11.1 Å². The van der Waals surface area contributed by atoms with Gasteiger partial charge < -0.3 is 10.5 Å². The number of ether oxygens (including phenoxy) is 1. The van der Waals surface area contributed by atoms with Crippen molar-refractivity contribution in [2.75, 3.05) is 7.11 Å². The summed E-state index contributed by atoms with van der Waals surface area (Å²) in [7, 11) is 1.36. The molecule has 1 atom stereocenters. The molecule has 1 unspecified atom stereocenters. The van der Waals surface area contributed by atoms with Gasteiger partial charge in [-0.2, -0.15) is 0 Å². The standard InChI is InChI=1S/C11H14ClNO2/c1-15-11(14)7-10(13)6-8-2-4-9(12)5-3-8/h2-5,10H,6-7,13H2,1H3. The van der Waals surface area contributed by atoms with Gasteiger partial charge in [-0.25, -0.2) is 0 Å². The fraction of sp³-hybridized carbons (Fsp3) is 0.364. The number of hydrogen-bond acceptors (Lipinski definition) is 3. The lowest BCUT2D eigenvalue weighted by molar-refractivity contribution is -0.140. The van der Waals surface area contributed by atoms with Crippen molar-refractivity contribution in [2.24, 2.45) is 5.73 Å². The van der Waals surface area contributed by atoms with Crippen molar-refractivity contribution in [3.05, 3.63) is 34.9 Å². The molecule has 82 valence electrons. The van der Waals surface area contributed by atoms with E-state index >= 15 is 0 Å². The average Bonchev–Trinajstić information content (AvgIpc) is 2.21. The summed E-state index contributed by atoms with van der Waals surface area (Å²) in [6.07, 6.45) is 0.880. The van der Waals surface area contributed by atoms with Gasteiger partial charge in [0.2, 0.25) is 0 Å². The van der Waals surface area contributed by atoms with E-state index in [0.29, 0.717) is 11.4 Å². The van der Waals surface area contributed by atoms with Crippen LogP contribution in [0.1, 0.15) is 12.0 Å². The molecule has 1 rings (SSSR count). The Balaban J connectivity index is 2.47. The Morgan fingerprint density at radius 3 is 2.60 bits per heavy atom. The zero-order chi connectivity index (χ0) is 11.3. The molecule has 0 spiro atoms. The highest BCUT2D eigenvalue weighted by Gasteiger charge is 2.09. The first-order valence-corrected chi connectivity index (χ1v) is 5.06. The summed E-state index contributed by atoms with van der Waals surface area (Å²) in [5.41, 5.74) is 6.85. The molecule has 0 aliphatic rings. The fourth-order valence-corrected chi connectivity index (χ4v) is 1.42. The molecule has 0 bridgehead atoms. The second-order valence-corrected chi connectivity index (χ2v) is 3.81. The molecule has 0 aliphatic carbocycles. The highest BCUT2D eigenvalue weighted by molar-refractivity contribution is 6.30. The van der Waals surface area contributed by atoms with Crippen LogP contribution < -0.4 is 5.73 Å². The largest absolute Gasteiger partial charge is 0.469 e. The number of halogens is 1. The van der Waals surface area contributed by atoms with Crippen LogP contribution in [0.25, 0.3) is 0 Å². The van der Waals surface area contributed by atoms with Crippen molar-refractivity contribution in [1.29, 1.82) is 0 Å². The highest BCUT2D eigenvalue weighted by Crippen LogP contribution is 2.11. The zero-order valence-electron chi connectivity index (χ0n) is 8.57. The van der Waals surface area contributed by atoms with Crippen LogP contribution in [-0.2, 0) is 16.0 Å². The van der Waals surface area contributed by atoms with Gasteiger partial charge in [0.1, 0.15) is 0 Å². The van der Waals surface area contributed by atoms with Gasteiger partial charge in [-0.3, -0.25) is 4.79 Å². The molecule has 4 heteroatoms. The molecule has 0 amide bonds. The van der Waals surface area contributed by atoms with E-state index in [1.54, 1.807) is 0 Å². The van der Waals surface area contributed by atoms with Crippen LogP contribution in [0.4, 0.5) is 0 Å². The maximum absolute atomic E-state index is 10.9. The molecular weight excluding hydrogens is 214 g/mol. The van der Waals surface area contributed by atoms with Gasteiger partial charge in [-0.15, -0.1) is 0 Å². The summed E-state index contributed by atoms with van der Waals surface area (Å²) in [4.78, 5) is 10.9. The molecule has 0 heterocycles. The van der Waals surface area contributed by atoms with E-state index in [-0.39, 0.29) is 18.4 Å². The van der Waals surface area contributed by atoms with Crippen molar-refractivity contribution in [1.82, 2.24) is 0 Å². The highest BCUT2D eigenvalue weighted by atomic mass is 35.5. The van der Waals surface area contributed by atoms with Crippen LogP contribution in [0, 0.1) is 0 Å². The molecule has 0 saturated carbocycles. The van der Waals surface area contributed by atoms with Crippen molar-refractivity contribution >= 4 is 17.6 Å². The van der Waals surface area contributed by atoms with E-state index < -0.39 is 0 Å². The van der Waals surface area contributed by atoms with E-state index in [2.05, 4.69) is 4.74 Å². The smallest absolute Gasteiger partial charge is 0.307 e. The summed E-state index contributed by atoms with van der Waals surface area (Å²) < 4.78 is 4.54. The van der Waals surface area contributed by atoms with E-state index in [1.807, 2.05) is 24.3 Å². The van der Waals surface area contributed by atoms with Gasteiger partial charge in [0.25, 0.3) is 0 Å².